The lowest BCUT2D eigenvalue weighted by molar-refractivity contribution is 1.23. The first-order chi connectivity index (χ1) is 8.76. The molecule has 1 heterocycles. The lowest BCUT2D eigenvalue weighted by atomic mass is 10.3. The molecule has 0 radical (unpaired) electrons. The number of hydrogen-bond donors (Lipinski definition) is 0. The minimum Gasteiger partial charge on any atom is -0.191 e. The fraction of sp³-hybridized carbons (Fsp3) is 0. The van der Waals surface area contributed by atoms with E-state index in [2.05, 4.69) is 20.0 Å². The van der Waals surface area contributed by atoms with E-state index in [4.69, 9.17) is 21.0 Å². The molecule has 0 aliphatic carbocycles. The molecule has 0 saturated carbocycles. The molecule has 18 heavy (non-hydrogen) atoms. The number of aliphatic imine (C=N–C) groups is 4. The highest BCUT2D eigenvalue weighted by molar-refractivity contribution is 5.58. The van der Waals surface area contributed by atoms with Crippen LogP contribution in [0, 0.1) is 45.3 Å². The molecule has 0 bridgehead atoms. The molecule has 0 saturated heterocycles. The van der Waals surface area contributed by atoms with Gasteiger partial charge in [0.2, 0.25) is 0 Å². The molecule has 0 aromatic heterocycles. The summed E-state index contributed by atoms with van der Waals surface area (Å²) in [6.45, 7) is 0. The summed E-state index contributed by atoms with van der Waals surface area (Å²) >= 11 is 0. The molecule has 80 valence electrons. The van der Waals surface area contributed by atoms with E-state index in [0.717, 1.165) is 0 Å². The minimum atomic E-state index is -0.346. The summed E-state index contributed by atoms with van der Waals surface area (Å²) in [5, 5.41) is 34.8. The molecule has 0 N–H and O–H groups in total. The van der Waals surface area contributed by atoms with Crippen LogP contribution in [0.1, 0.15) is 0 Å². The molecular formula is C10N8. The lowest BCUT2D eigenvalue weighted by Crippen LogP contribution is -1.86. The smallest absolute Gasteiger partial charge is 0.189 e. The maximum atomic E-state index is 8.71. The van der Waals surface area contributed by atoms with Crippen LogP contribution in [-0.2, 0) is 0 Å². The van der Waals surface area contributed by atoms with E-state index in [-0.39, 0.29) is 22.8 Å². The Morgan fingerprint density at radius 3 is 0.944 bits per heavy atom. The number of nitriles is 4. The molecule has 8 heteroatoms. The van der Waals surface area contributed by atoms with Gasteiger partial charge in [0.15, 0.2) is 22.8 Å². The molecule has 1 aliphatic rings. The SMILES string of the molecule is N#C/C1=C(\C#N)N=C=N/C(C#N)=C(/C#N)N=C=N1. The van der Waals surface area contributed by atoms with Crippen LogP contribution in [0.5, 0.6) is 0 Å². The van der Waals surface area contributed by atoms with Gasteiger partial charge in [-0.15, -0.1) is 0 Å². The Hall–Kier alpha value is -3.80. The third kappa shape index (κ3) is 2.61. The summed E-state index contributed by atoms with van der Waals surface area (Å²) < 4.78 is 0. The summed E-state index contributed by atoms with van der Waals surface area (Å²) in [4.78, 5) is 13.7. The van der Waals surface area contributed by atoms with E-state index in [9.17, 15) is 0 Å². The van der Waals surface area contributed by atoms with Gasteiger partial charge in [0, 0.05) is 0 Å². The van der Waals surface area contributed by atoms with Crippen LogP contribution in [0.15, 0.2) is 42.8 Å². The van der Waals surface area contributed by atoms with Crippen LogP contribution in [0.3, 0.4) is 0 Å². The average Bonchev–Trinajstić information content (AvgIpc) is 2.42. The van der Waals surface area contributed by atoms with Crippen molar-refractivity contribution in [2.45, 2.75) is 0 Å². The lowest BCUT2D eigenvalue weighted by Gasteiger charge is -1.89. The third-order valence-corrected chi connectivity index (χ3v) is 1.52. The van der Waals surface area contributed by atoms with Crippen molar-refractivity contribution in [3.05, 3.63) is 22.8 Å². The summed E-state index contributed by atoms with van der Waals surface area (Å²) in [5.74, 6) is 0. The fourth-order valence-corrected chi connectivity index (χ4v) is 0.774. The van der Waals surface area contributed by atoms with Crippen LogP contribution < -0.4 is 0 Å². The van der Waals surface area contributed by atoms with Crippen molar-refractivity contribution in [3.8, 4) is 24.3 Å². The van der Waals surface area contributed by atoms with Gasteiger partial charge in [-0.1, -0.05) is 0 Å². The zero-order chi connectivity index (χ0) is 13.4. The van der Waals surface area contributed by atoms with Crippen LogP contribution in [0.25, 0.3) is 0 Å². The van der Waals surface area contributed by atoms with E-state index in [1.54, 1.807) is 24.3 Å². The molecule has 8 nitrogen and oxygen atoms in total. The topological polar surface area (TPSA) is 145 Å². The summed E-state index contributed by atoms with van der Waals surface area (Å²) in [7, 11) is 0. The van der Waals surface area contributed by atoms with E-state index in [1.165, 1.54) is 0 Å². The maximum Gasteiger partial charge on any atom is 0.189 e. The molecule has 1 rings (SSSR count). The molecule has 1 aliphatic heterocycles. The van der Waals surface area contributed by atoms with Crippen molar-refractivity contribution < 1.29 is 0 Å². The molecule has 0 fully saturated rings. The van der Waals surface area contributed by atoms with Gasteiger partial charge >= 0.3 is 0 Å². The molecule has 0 aromatic rings. The van der Waals surface area contributed by atoms with Gasteiger partial charge < -0.3 is 0 Å². The summed E-state index contributed by atoms with van der Waals surface area (Å²) in [5.41, 5.74) is -1.38. The number of allylic oxidation sites excluding steroid dienone is 4. The molecule has 0 unspecified atom stereocenters. The zero-order valence-corrected chi connectivity index (χ0v) is 8.58. The molecule has 0 amide bonds. The van der Waals surface area contributed by atoms with E-state index < -0.39 is 0 Å². The minimum absolute atomic E-state index is 0.346. The second-order valence-corrected chi connectivity index (χ2v) is 2.49. The standard InChI is InChI=1S/C10N8/c11-1-7-8(2-12)16-6-18-10(4-14)9(3-13)17-5-15-7/b8-7-,10-9-. The van der Waals surface area contributed by atoms with Gasteiger partial charge in [0.05, 0.1) is 0 Å². The van der Waals surface area contributed by atoms with Crippen LogP contribution in [0.2, 0.25) is 0 Å². The van der Waals surface area contributed by atoms with Crippen LogP contribution in [0.4, 0.5) is 0 Å². The van der Waals surface area contributed by atoms with Gasteiger partial charge in [-0.2, -0.15) is 41.0 Å². The Morgan fingerprint density at radius 2 is 0.778 bits per heavy atom. The first kappa shape index (κ1) is 12.3. The quantitative estimate of drug-likeness (QED) is 0.609. The largest absolute Gasteiger partial charge is 0.191 e. The van der Waals surface area contributed by atoms with E-state index in [0.29, 0.717) is 0 Å². The second-order valence-electron chi connectivity index (χ2n) is 2.49. The zero-order valence-electron chi connectivity index (χ0n) is 8.58. The Bertz CT molecular complexity index is 616. The predicted octanol–water partition coefficient (Wildman–Crippen LogP) is 0.865. The van der Waals surface area contributed by atoms with Crippen molar-refractivity contribution in [2.75, 3.05) is 0 Å². The Kier molecular flexibility index (Phi) is 4.04. The highest BCUT2D eigenvalue weighted by Crippen LogP contribution is 2.08. The first-order valence-electron chi connectivity index (χ1n) is 4.18. The van der Waals surface area contributed by atoms with Crippen LogP contribution in [-0.4, -0.2) is 12.0 Å². The van der Waals surface area contributed by atoms with Crippen molar-refractivity contribution in [3.63, 3.8) is 0 Å². The van der Waals surface area contributed by atoms with Crippen molar-refractivity contribution in [1.29, 1.82) is 21.0 Å². The number of nitrogens with zero attached hydrogens (tertiary/aromatic N) is 8. The van der Waals surface area contributed by atoms with Gasteiger partial charge in [-0.05, 0) is 0 Å². The van der Waals surface area contributed by atoms with Crippen molar-refractivity contribution >= 4 is 12.0 Å². The maximum absolute atomic E-state index is 8.71. The van der Waals surface area contributed by atoms with Gasteiger partial charge in [-0.3, -0.25) is 0 Å². The summed E-state index contributed by atoms with van der Waals surface area (Å²) in [6, 6.07) is 10.5. The summed E-state index contributed by atoms with van der Waals surface area (Å²) in [6.07, 6.45) is 0. The highest BCUT2D eigenvalue weighted by atomic mass is 14.9. The molecular weight excluding hydrogens is 232 g/mol. The van der Waals surface area contributed by atoms with Crippen molar-refractivity contribution in [2.24, 2.45) is 20.0 Å². The molecule has 0 aromatic carbocycles. The van der Waals surface area contributed by atoms with Gasteiger partial charge in [0.25, 0.3) is 0 Å². The number of rotatable bonds is 0. The predicted molar refractivity (Wildman–Crippen MR) is 56.2 cm³/mol. The molecule has 0 atom stereocenters. The highest BCUT2D eigenvalue weighted by Gasteiger charge is 2.06. The fourth-order valence-electron chi connectivity index (χ4n) is 0.774. The monoisotopic (exact) mass is 232 g/mol. The number of hydrogen-bond acceptors (Lipinski definition) is 8. The second kappa shape index (κ2) is 5.93. The molecule has 0 spiro atoms. The Balaban J connectivity index is 3.59. The van der Waals surface area contributed by atoms with Crippen molar-refractivity contribution in [1.82, 2.24) is 0 Å². The van der Waals surface area contributed by atoms with Crippen LogP contribution >= 0.6 is 0 Å². The van der Waals surface area contributed by atoms with Gasteiger partial charge in [-0.25, -0.2) is 0 Å². The van der Waals surface area contributed by atoms with Gasteiger partial charge in [0.1, 0.15) is 36.3 Å². The third-order valence-electron chi connectivity index (χ3n) is 1.52. The average molecular weight is 232 g/mol. The Morgan fingerprint density at radius 1 is 0.556 bits per heavy atom. The van der Waals surface area contributed by atoms with E-state index >= 15 is 0 Å². The Labute approximate surface area is 101 Å². The normalized spacial score (nSPS) is 21.6. The van der Waals surface area contributed by atoms with E-state index in [1.807, 2.05) is 12.0 Å². The first-order valence-corrected chi connectivity index (χ1v) is 4.18.